The Morgan fingerprint density at radius 3 is 2.65 bits per heavy atom. The van der Waals surface area contributed by atoms with E-state index in [1.165, 1.54) is 31.2 Å². The van der Waals surface area contributed by atoms with Crippen LogP contribution in [-0.4, -0.2) is 31.1 Å². The summed E-state index contributed by atoms with van der Waals surface area (Å²) >= 11 is 1.78. The fourth-order valence-electron chi connectivity index (χ4n) is 2.80. The van der Waals surface area contributed by atoms with Crippen molar-refractivity contribution < 1.29 is 0 Å². The minimum absolute atomic E-state index is 0.393. The van der Waals surface area contributed by atoms with Crippen LogP contribution in [0.5, 0.6) is 0 Å². The normalized spacial score (nSPS) is 20.9. The van der Waals surface area contributed by atoms with Gasteiger partial charge in [-0.2, -0.15) is 11.3 Å². The van der Waals surface area contributed by atoms with E-state index >= 15 is 0 Å². The molecule has 0 amide bonds. The van der Waals surface area contributed by atoms with Gasteiger partial charge in [-0.3, -0.25) is 0 Å². The standard InChI is InChI=1S/C14H24N2S/c1-12(13-6-9-17-10-13)15-11-14(16(2)3)7-4-5-8-14/h6,9-10,12,15H,4-5,7-8,11H2,1-3H3. The summed E-state index contributed by atoms with van der Waals surface area (Å²) in [6.07, 6.45) is 5.44. The van der Waals surface area contributed by atoms with Crippen LogP contribution in [0, 0.1) is 0 Å². The van der Waals surface area contributed by atoms with Crippen molar-refractivity contribution in [1.82, 2.24) is 10.2 Å². The van der Waals surface area contributed by atoms with Gasteiger partial charge >= 0.3 is 0 Å². The Morgan fingerprint density at radius 1 is 1.41 bits per heavy atom. The molecule has 0 spiro atoms. The van der Waals surface area contributed by atoms with E-state index in [-0.39, 0.29) is 0 Å². The highest BCUT2D eigenvalue weighted by molar-refractivity contribution is 7.07. The highest BCUT2D eigenvalue weighted by Crippen LogP contribution is 2.33. The van der Waals surface area contributed by atoms with Gasteiger partial charge in [0.25, 0.3) is 0 Å². The van der Waals surface area contributed by atoms with Gasteiger partial charge < -0.3 is 10.2 Å². The van der Waals surface area contributed by atoms with E-state index < -0.39 is 0 Å². The fraction of sp³-hybridized carbons (Fsp3) is 0.714. The summed E-state index contributed by atoms with van der Waals surface area (Å²) in [4.78, 5) is 2.42. The lowest BCUT2D eigenvalue weighted by atomic mass is 9.95. The molecule has 0 bridgehead atoms. The maximum Gasteiger partial charge on any atom is 0.0328 e. The highest BCUT2D eigenvalue weighted by atomic mass is 32.1. The van der Waals surface area contributed by atoms with Crippen LogP contribution >= 0.6 is 11.3 Å². The molecule has 1 N–H and O–H groups in total. The molecule has 2 nitrogen and oxygen atoms in total. The molecule has 2 rings (SSSR count). The molecule has 1 saturated carbocycles. The van der Waals surface area contributed by atoms with Gasteiger partial charge in [0, 0.05) is 18.1 Å². The number of nitrogens with one attached hydrogen (secondary N) is 1. The molecule has 0 radical (unpaired) electrons. The zero-order chi connectivity index (χ0) is 12.3. The topological polar surface area (TPSA) is 15.3 Å². The molecule has 1 heterocycles. The van der Waals surface area contributed by atoms with Gasteiger partial charge in [-0.05, 0) is 56.3 Å². The van der Waals surface area contributed by atoms with Crippen LogP contribution in [0.4, 0.5) is 0 Å². The van der Waals surface area contributed by atoms with Gasteiger partial charge in [0.2, 0.25) is 0 Å². The molecule has 96 valence electrons. The van der Waals surface area contributed by atoms with Crippen molar-refractivity contribution in [3.63, 3.8) is 0 Å². The van der Waals surface area contributed by atoms with Crippen LogP contribution in [0.25, 0.3) is 0 Å². The molecule has 1 fully saturated rings. The molecule has 1 aliphatic carbocycles. The Balaban J connectivity index is 1.92. The van der Waals surface area contributed by atoms with Gasteiger partial charge in [-0.1, -0.05) is 12.8 Å². The number of rotatable bonds is 5. The van der Waals surface area contributed by atoms with Crippen LogP contribution in [0.1, 0.15) is 44.2 Å². The monoisotopic (exact) mass is 252 g/mol. The Hall–Kier alpha value is -0.380. The third-order valence-corrected chi connectivity index (χ3v) is 4.96. The summed E-state index contributed by atoms with van der Waals surface area (Å²) in [7, 11) is 4.45. The van der Waals surface area contributed by atoms with Crippen molar-refractivity contribution in [3.8, 4) is 0 Å². The second kappa shape index (κ2) is 5.51. The smallest absolute Gasteiger partial charge is 0.0328 e. The zero-order valence-electron chi connectivity index (χ0n) is 11.2. The fourth-order valence-corrected chi connectivity index (χ4v) is 3.55. The zero-order valence-corrected chi connectivity index (χ0v) is 12.0. The summed E-state index contributed by atoms with van der Waals surface area (Å²) < 4.78 is 0. The molecule has 1 atom stereocenters. The molecule has 1 unspecified atom stereocenters. The summed E-state index contributed by atoms with van der Waals surface area (Å²) in [6.45, 7) is 3.37. The van der Waals surface area contributed by atoms with Crippen LogP contribution in [0.2, 0.25) is 0 Å². The van der Waals surface area contributed by atoms with Crippen molar-refractivity contribution in [3.05, 3.63) is 22.4 Å². The number of thiophene rings is 1. The predicted octanol–water partition coefficient (Wildman–Crippen LogP) is 3.27. The van der Waals surface area contributed by atoms with E-state index in [1.807, 2.05) is 0 Å². The maximum atomic E-state index is 3.71. The molecule has 1 aliphatic rings. The molecule has 0 saturated heterocycles. The average molecular weight is 252 g/mol. The van der Waals surface area contributed by atoms with E-state index in [2.05, 4.69) is 48.1 Å². The van der Waals surface area contributed by atoms with Crippen LogP contribution in [0.15, 0.2) is 16.8 Å². The van der Waals surface area contributed by atoms with E-state index in [0.717, 1.165) is 6.54 Å². The van der Waals surface area contributed by atoms with Crippen LogP contribution < -0.4 is 5.32 Å². The van der Waals surface area contributed by atoms with Crippen molar-refractivity contribution in [1.29, 1.82) is 0 Å². The molecule has 3 heteroatoms. The first kappa shape index (κ1) is 13.1. The molecule has 1 aromatic rings. The molecule has 17 heavy (non-hydrogen) atoms. The van der Waals surface area contributed by atoms with Crippen molar-refractivity contribution in [2.75, 3.05) is 20.6 Å². The first-order chi connectivity index (χ1) is 8.14. The number of hydrogen-bond donors (Lipinski definition) is 1. The molecule has 1 aromatic heterocycles. The lowest BCUT2D eigenvalue weighted by Crippen LogP contribution is -2.49. The number of nitrogens with zero attached hydrogens (tertiary/aromatic N) is 1. The van der Waals surface area contributed by atoms with Gasteiger partial charge in [-0.25, -0.2) is 0 Å². The van der Waals surface area contributed by atoms with Crippen molar-refractivity contribution in [2.24, 2.45) is 0 Å². The third-order valence-electron chi connectivity index (χ3n) is 4.26. The second-order valence-corrected chi connectivity index (χ2v) is 6.27. The second-order valence-electron chi connectivity index (χ2n) is 5.49. The van der Waals surface area contributed by atoms with Gasteiger partial charge in [-0.15, -0.1) is 0 Å². The molecular weight excluding hydrogens is 228 g/mol. The quantitative estimate of drug-likeness (QED) is 0.865. The van der Waals surface area contributed by atoms with Crippen LogP contribution in [-0.2, 0) is 0 Å². The van der Waals surface area contributed by atoms with Gasteiger partial charge in [0.1, 0.15) is 0 Å². The summed E-state index contributed by atoms with van der Waals surface area (Å²) in [5, 5.41) is 8.12. The lowest BCUT2D eigenvalue weighted by Gasteiger charge is -2.37. The first-order valence-corrected chi connectivity index (χ1v) is 7.51. The summed E-state index contributed by atoms with van der Waals surface area (Å²) in [5.74, 6) is 0. The van der Waals surface area contributed by atoms with Crippen LogP contribution in [0.3, 0.4) is 0 Å². The number of hydrogen-bond acceptors (Lipinski definition) is 3. The molecule has 0 aliphatic heterocycles. The highest BCUT2D eigenvalue weighted by Gasteiger charge is 2.35. The van der Waals surface area contributed by atoms with E-state index in [4.69, 9.17) is 0 Å². The SMILES string of the molecule is CC(NCC1(N(C)C)CCCC1)c1ccsc1. The average Bonchev–Trinajstić information content (AvgIpc) is 2.97. The van der Waals surface area contributed by atoms with E-state index in [1.54, 1.807) is 11.3 Å². The predicted molar refractivity (Wildman–Crippen MR) is 75.6 cm³/mol. The molecule has 0 aromatic carbocycles. The Labute approximate surface area is 109 Å². The number of likely N-dealkylation sites (N-methyl/N-ethyl adjacent to an activating group) is 1. The van der Waals surface area contributed by atoms with E-state index in [0.29, 0.717) is 11.6 Å². The summed E-state index contributed by atoms with van der Waals surface area (Å²) in [5.41, 5.74) is 1.81. The largest absolute Gasteiger partial charge is 0.308 e. The molecular formula is C14H24N2S. The minimum Gasteiger partial charge on any atom is -0.308 e. The lowest BCUT2D eigenvalue weighted by molar-refractivity contribution is 0.150. The Kier molecular flexibility index (Phi) is 4.23. The van der Waals surface area contributed by atoms with E-state index in [9.17, 15) is 0 Å². The van der Waals surface area contributed by atoms with Gasteiger partial charge in [0.05, 0.1) is 0 Å². The Bertz CT molecular complexity index is 326. The summed E-state index contributed by atoms with van der Waals surface area (Å²) in [6, 6.07) is 2.69. The van der Waals surface area contributed by atoms with Gasteiger partial charge in [0.15, 0.2) is 0 Å². The van der Waals surface area contributed by atoms with Crippen molar-refractivity contribution >= 4 is 11.3 Å². The van der Waals surface area contributed by atoms with Crippen molar-refractivity contribution in [2.45, 2.75) is 44.2 Å². The Morgan fingerprint density at radius 2 is 2.12 bits per heavy atom. The minimum atomic E-state index is 0.393. The maximum absolute atomic E-state index is 3.71. The third kappa shape index (κ3) is 2.90. The first-order valence-electron chi connectivity index (χ1n) is 6.57.